The first kappa shape index (κ1) is 16.2. The van der Waals surface area contributed by atoms with Crippen molar-refractivity contribution in [1.29, 1.82) is 0 Å². The number of hydrogen-bond donors (Lipinski definition) is 3. The zero-order chi connectivity index (χ0) is 14.0. The predicted octanol–water partition coefficient (Wildman–Crippen LogP) is 0.148. The van der Waals surface area contributed by atoms with Gasteiger partial charge in [0.2, 0.25) is 5.91 Å². The number of carboxylic acid groups (broad SMARTS) is 1. The Labute approximate surface area is 106 Å². The van der Waals surface area contributed by atoms with Gasteiger partial charge in [-0.05, 0) is 19.8 Å². The van der Waals surface area contributed by atoms with Crippen LogP contribution in [0.1, 0.15) is 32.6 Å². The number of nitrogens with two attached hydrogens (primary N) is 1. The third-order valence-corrected chi connectivity index (χ3v) is 2.39. The molecule has 7 nitrogen and oxygen atoms in total. The lowest BCUT2D eigenvalue weighted by atomic mass is 10.2. The third kappa shape index (κ3) is 8.37. The molecule has 0 aliphatic carbocycles. The molecule has 4 N–H and O–H groups in total. The summed E-state index contributed by atoms with van der Waals surface area (Å²) in [6.07, 6.45) is 1.55. The lowest BCUT2D eigenvalue weighted by Crippen LogP contribution is -2.41. The number of carbonyl (C=O) groups excluding carboxylic acids is 2. The lowest BCUT2D eigenvalue weighted by Gasteiger charge is -2.20. The van der Waals surface area contributed by atoms with Crippen LogP contribution in [0.2, 0.25) is 0 Å². The summed E-state index contributed by atoms with van der Waals surface area (Å²) in [6.45, 7) is 2.89. The fourth-order valence-electron chi connectivity index (χ4n) is 1.37. The molecule has 7 heteroatoms. The number of carbonyl (C=O) groups is 3. The van der Waals surface area contributed by atoms with Gasteiger partial charge in [0.25, 0.3) is 0 Å². The molecule has 0 unspecified atom stereocenters. The van der Waals surface area contributed by atoms with Gasteiger partial charge < -0.3 is 21.1 Å². The van der Waals surface area contributed by atoms with Crippen LogP contribution in [-0.4, -0.2) is 47.5 Å². The first-order chi connectivity index (χ1) is 8.47. The predicted molar refractivity (Wildman–Crippen MR) is 65.9 cm³/mol. The van der Waals surface area contributed by atoms with Crippen LogP contribution in [-0.2, 0) is 9.59 Å². The minimum Gasteiger partial charge on any atom is -0.481 e. The monoisotopic (exact) mass is 259 g/mol. The highest BCUT2D eigenvalue weighted by Gasteiger charge is 2.11. The van der Waals surface area contributed by atoms with Gasteiger partial charge in [-0.2, -0.15) is 0 Å². The van der Waals surface area contributed by atoms with Crippen LogP contribution in [0.25, 0.3) is 0 Å². The Balaban J connectivity index is 3.76. The molecule has 0 rings (SSSR count). The van der Waals surface area contributed by atoms with E-state index in [9.17, 15) is 14.4 Å². The van der Waals surface area contributed by atoms with Crippen molar-refractivity contribution in [1.82, 2.24) is 10.2 Å². The summed E-state index contributed by atoms with van der Waals surface area (Å²) in [5, 5.41) is 11.2. The zero-order valence-electron chi connectivity index (χ0n) is 10.6. The van der Waals surface area contributed by atoms with Crippen LogP contribution in [0.3, 0.4) is 0 Å². The fourth-order valence-corrected chi connectivity index (χ4v) is 1.37. The van der Waals surface area contributed by atoms with Gasteiger partial charge in [0.15, 0.2) is 0 Å². The first-order valence-corrected chi connectivity index (χ1v) is 6.00. The van der Waals surface area contributed by atoms with Crippen LogP contribution in [0.15, 0.2) is 0 Å². The van der Waals surface area contributed by atoms with Crippen molar-refractivity contribution in [2.24, 2.45) is 5.73 Å². The van der Waals surface area contributed by atoms with E-state index in [4.69, 9.17) is 10.8 Å². The molecule has 0 radical (unpaired) electrons. The molecule has 0 atom stereocenters. The second-order valence-electron chi connectivity index (χ2n) is 3.88. The van der Waals surface area contributed by atoms with E-state index in [1.807, 2.05) is 0 Å². The van der Waals surface area contributed by atoms with Gasteiger partial charge in [-0.25, -0.2) is 4.79 Å². The van der Waals surface area contributed by atoms with Crippen molar-refractivity contribution in [2.45, 2.75) is 32.6 Å². The van der Waals surface area contributed by atoms with Gasteiger partial charge in [0.1, 0.15) is 0 Å². The van der Waals surface area contributed by atoms with E-state index in [0.29, 0.717) is 32.4 Å². The molecule has 0 heterocycles. The van der Waals surface area contributed by atoms with E-state index in [1.165, 1.54) is 4.90 Å². The summed E-state index contributed by atoms with van der Waals surface area (Å²) in [5.74, 6) is -1.28. The number of nitrogens with zero attached hydrogens (tertiary/aromatic N) is 1. The largest absolute Gasteiger partial charge is 0.481 e. The zero-order valence-corrected chi connectivity index (χ0v) is 10.6. The summed E-state index contributed by atoms with van der Waals surface area (Å²) in [5.41, 5.74) is 4.98. The minimum atomic E-state index is -0.928. The Morgan fingerprint density at radius 3 is 2.39 bits per heavy atom. The topological polar surface area (TPSA) is 113 Å². The quantitative estimate of drug-likeness (QED) is 0.511. The molecule has 0 aliphatic rings. The maximum atomic E-state index is 11.6. The summed E-state index contributed by atoms with van der Waals surface area (Å²) < 4.78 is 0. The maximum Gasteiger partial charge on any atom is 0.317 e. The number of unbranched alkanes of at least 4 members (excludes halogenated alkanes) is 1. The van der Waals surface area contributed by atoms with E-state index in [2.05, 4.69) is 5.32 Å². The number of aliphatic carboxylic acids is 1. The van der Waals surface area contributed by atoms with Crippen LogP contribution >= 0.6 is 0 Å². The fraction of sp³-hybridized carbons (Fsp3) is 0.727. The normalized spacial score (nSPS) is 9.83. The standard InChI is InChI=1S/C11H21N3O4/c1-2-14(8-6-10(16)17)11(18)13-7-4-3-5-9(12)15/h2-8H2,1H3,(H2,12,15)(H,13,18)(H,16,17). The van der Waals surface area contributed by atoms with Crippen molar-refractivity contribution in [3.63, 3.8) is 0 Å². The molecule has 18 heavy (non-hydrogen) atoms. The Hall–Kier alpha value is -1.79. The highest BCUT2D eigenvalue weighted by molar-refractivity contribution is 5.75. The highest BCUT2D eigenvalue weighted by Crippen LogP contribution is 1.95. The number of carboxylic acids is 1. The molecule has 0 aliphatic heterocycles. The van der Waals surface area contributed by atoms with Crippen LogP contribution < -0.4 is 11.1 Å². The van der Waals surface area contributed by atoms with Crippen molar-refractivity contribution in [2.75, 3.05) is 19.6 Å². The van der Waals surface area contributed by atoms with Crippen LogP contribution in [0.4, 0.5) is 4.79 Å². The number of hydrogen-bond acceptors (Lipinski definition) is 3. The number of amides is 3. The van der Waals surface area contributed by atoms with Gasteiger partial charge in [-0.3, -0.25) is 9.59 Å². The smallest absolute Gasteiger partial charge is 0.317 e. The Morgan fingerprint density at radius 2 is 1.89 bits per heavy atom. The van der Waals surface area contributed by atoms with Crippen molar-refractivity contribution < 1.29 is 19.5 Å². The molecule has 0 saturated carbocycles. The molecule has 0 aromatic rings. The number of primary amides is 1. The molecular formula is C11H21N3O4. The molecule has 0 aromatic carbocycles. The van der Waals surface area contributed by atoms with Gasteiger partial charge in [0.05, 0.1) is 6.42 Å². The molecule has 104 valence electrons. The Morgan fingerprint density at radius 1 is 1.22 bits per heavy atom. The van der Waals surface area contributed by atoms with Crippen molar-refractivity contribution >= 4 is 17.9 Å². The summed E-state index contributed by atoms with van der Waals surface area (Å²) in [7, 11) is 0. The highest BCUT2D eigenvalue weighted by atomic mass is 16.4. The van der Waals surface area contributed by atoms with E-state index in [-0.39, 0.29) is 24.9 Å². The lowest BCUT2D eigenvalue weighted by molar-refractivity contribution is -0.137. The average Bonchev–Trinajstić information content (AvgIpc) is 2.28. The van der Waals surface area contributed by atoms with Gasteiger partial charge in [0, 0.05) is 26.1 Å². The first-order valence-electron chi connectivity index (χ1n) is 6.00. The molecule has 0 spiro atoms. The number of urea groups is 1. The Kier molecular flexibility index (Phi) is 8.34. The average molecular weight is 259 g/mol. The molecule has 0 aromatic heterocycles. The summed E-state index contributed by atoms with van der Waals surface area (Å²) in [4.78, 5) is 33.9. The van der Waals surface area contributed by atoms with Gasteiger partial charge >= 0.3 is 12.0 Å². The van der Waals surface area contributed by atoms with Crippen LogP contribution in [0.5, 0.6) is 0 Å². The van der Waals surface area contributed by atoms with E-state index in [1.54, 1.807) is 6.92 Å². The van der Waals surface area contributed by atoms with E-state index < -0.39 is 5.97 Å². The number of nitrogens with one attached hydrogen (secondary N) is 1. The van der Waals surface area contributed by atoms with Crippen molar-refractivity contribution in [3.8, 4) is 0 Å². The van der Waals surface area contributed by atoms with Gasteiger partial charge in [-0.1, -0.05) is 0 Å². The second-order valence-corrected chi connectivity index (χ2v) is 3.88. The SMILES string of the molecule is CCN(CCC(=O)O)C(=O)NCCCCC(N)=O. The van der Waals surface area contributed by atoms with E-state index in [0.717, 1.165) is 0 Å². The summed E-state index contributed by atoms with van der Waals surface area (Å²) in [6, 6.07) is -0.280. The van der Waals surface area contributed by atoms with Gasteiger partial charge in [-0.15, -0.1) is 0 Å². The number of rotatable bonds is 9. The van der Waals surface area contributed by atoms with Crippen LogP contribution in [0, 0.1) is 0 Å². The van der Waals surface area contributed by atoms with E-state index >= 15 is 0 Å². The summed E-state index contributed by atoms with van der Waals surface area (Å²) >= 11 is 0. The molecule has 0 saturated heterocycles. The molecule has 0 fully saturated rings. The third-order valence-electron chi connectivity index (χ3n) is 2.39. The maximum absolute atomic E-state index is 11.6. The Bertz CT molecular complexity index is 294. The molecule has 3 amide bonds. The van der Waals surface area contributed by atoms with Crippen molar-refractivity contribution in [3.05, 3.63) is 0 Å². The second kappa shape index (κ2) is 9.26. The molecular weight excluding hydrogens is 238 g/mol. The minimum absolute atomic E-state index is 0.0665. The molecule has 0 bridgehead atoms.